The first kappa shape index (κ1) is 22.8. The number of anilines is 1. The summed E-state index contributed by atoms with van der Waals surface area (Å²) in [6.45, 7) is -0.111. The Morgan fingerprint density at radius 1 is 1.03 bits per heavy atom. The van der Waals surface area contributed by atoms with Gasteiger partial charge in [0.15, 0.2) is 12.4 Å². The molecule has 4 rings (SSSR count). The number of nitriles is 1. The Labute approximate surface area is 200 Å². The molecule has 3 aromatic carbocycles. The van der Waals surface area contributed by atoms with E-state index in [9.17, 15) is 9.59 Å². The number of nitrogens with zero attached hydrogens (tertiary/aromatic N) is 2. The highest BCUT2D eigenvalue weighted by Gasteiger charge is 2.16. The summed E-state index contributed by atoms with van der Waals surface area (Å²) in [5.41, 5.74) is 2.23. The molecule has 0 radical (unpaired) electrons. The first-order valence-corrected chi connectivity index (χ1v) is 11.3. The summed E-state index contributed by atoms with van der Waals surface area (Å²) in [4.78, 5) is 29.8. The Balaban J connectivity index is 1.34. The summed E-state index contributed by atoms with van der Waals surface area (Å²) in [7, 11) is 0. The number of oxazole rings is 1. The number of hydrogen-bond donors (Lipinski definition) is 1. The number of amides is 1. The van der Waals surface area contributed by atoms with E-state index in [-0.39, 0.29) is 24.2 Å². The summed E-state index contributed by atoms with van der Waals surface area (Å²) in [6.07, 6.45) is 1.59. The lowest BCUT2D eigenvalue weighted by atomic mass is 10.2. The zero-order chi connectivity index (χ0) is 23.8. The van der Waals surface area contributed by atoms with Crippen LogP contribution in [-0.4, -0.2) is 22.6 Å². The van der Waals surface area contributed by atoms with Crippen LogP contribution in [0.1, 0.15) is 21.8 Å². The monoisotopic (exact) mass is 469 g/mol. The van der Waals surface area contributed by atoms with E-state index in [1.807, 2.05) is 36.4 Å². The predicted octanol–water partition coefficient (Wildman–Crippen LogP) is 5.30. The molecular formula is C26H19N3O4S. The van der Waals surface area contributed by atoms with Gasteiger partial charge in [0.25, 0.3) is 0 Å². The molecule has 0 saturated carbocycles. The van der Waals surface area contributed by atoms with Crippen LogP contribution in [0.25, 0.3) is 11.3 Å². The van der Waals surface area contributed by atoms with Crippen molar-refractivity contribution in [2.24, 2.45) is 0 Å². The Morgan fingerprint density at radius 2 is 1.82 bits per heavy atom. The third kappa shape index (κ3) is 5.91. The second-order valence-electron chi connectivity index (χ2n) is 7.09. The van der Waals surface area contributed by atoms with Gasteiger partial charge in [-0.15, -0.1) is 11.8 Å². The number of rotatable bonds is 8. The van der Waals surface area contributed by atoms with Crippen molar-refractivity contribution in [3.05, 3.63) is 102 Å². The molecule has 34 heavy (non-hydrogen) atoms. The fraction of sp³-hybridized carbons (Fsp3) is 0.0769. The first-order valence-electron chi connectivity index (χ1n) is 10.3. The molecular weight excluding hydrogens is 450 g/mol. The molecule has 0 spiro atoms. The number of carbonyl (C=O) groups excluding carboxylic acids is 2. The number of benzene rings is 3. The SMILES string of the molecule is N#Cc1cccc(NC(=O)CSc2ccccc2C(=O)OCc2ncc(-c3ccccc3)o2)c1. The van der Waals surface area contributed by atoms with Gasteiger partial charge >= 0.3 is 5.97 Å². The average Bonchev–Trinajstić information content (AvgIpc) is 3.36. The van der Waals surface area contributed by atoms with Crippen LogP contribution in [0.3, 0.4) is 0 Å². The van der Waals surface area contributed by atoms with Crippen LogP contribution in [0.4, 0.5) is 5.69 Å². The Bertz CT molecular complexity index is 1350. The van der Waals surface area contributed by atoms with E-state index < -0.39 is 5.97 Å². The predicted molar refractivity (Wildman–Crippen MR) is 128 cm³/mol. The lowest BCUT2D eigenvalue weighted by molar-refractivity contribution is -0.113. The molecule has 1 aromatic heterocycles. The maximum absolute atomic E-state index is 12.7. The topological polar surface area (TPSA) is 105 Å². The van der Waals surface area contributed by atoms with Crippen molar-refractivity contribution in [2.75, 3.05) is 11.1 Å². The molecule has 4 aromatic rings. The van der Waals surface area contributed by atoms with Crippen molar-refractivity contribution in [3.63, 3.8) is 0 Å². The minimum absolute atomic E-state index is 0.0846. The minimum atomic E-state index is -0.537. The smallest absolute Gasteiger partial charge is 0.339 e. The molecule has 0 bridgehead atoms. The van der Waals surface area contributed by atoms with Crippen LogP contribution < -0.4 is 5.32 Å². The van der Waals surface area contributed by atoms with E-state index in [1.165, 1.54) is 11.8 Å². The molecule has 1 heterocycles. The molecule has 0 aliphatic carbocycles. The Hall–Kier alpha value is -4.35. The Morgan fingerprint density at radius 3 is 2.65 bits per heavy atom. The first-order chi connectivity index (χ1) is 16.6. The van der Waals surface area contributed by atoms with E-state index in [1.54, 1.807) is 54.7 Å². The second-order valence-corrected chi connectivity index (χ2v) is 8.10. The van der Waals surface area contributed by atoms with Crippen LogP contribution in [0.5, 0.6) is 0 Å². The molecule has 168 valence electrons. The number of esters is 1. The number of ether oxygens (including phenoxy) is 1. The van der Waals surface area contributed by atoms with E-state index in [0.717, 1.165) is 5.56 Å². The summed E-state index contributed by atoms with van der Waals surface area (Å²) in [6, 6.07) is 25.1. The molecule has 0 aliphatic rings. The summed E-state index contributed by atoms with van der Waals surface area (Å²) in [5, 5.41) is 11.7. The molecule has 8 heteroatoms. The van der Waals surface area contributed by atoms with E-state index >= 15 is 0 Å². The van der Waals surface area contributed by atoms with Crippen molar-refractivity contribution in [1.29, 1.82) is 5.26 Å². The second kappa shape index (κ2) is 11.0. The highest BCUT2D eigenvalue weighted by molar-refractivity contribution is 8.00. The van der Waals surface area contributed by atoms with Crippen molar-refractivity contribution in [2.45, 2.75) is 11.5 Å². The molecule has 0 atom stereocenters. The number of hydrogen-bond acceptors (Lipinski definition) is 7. The van der Waals surface area contributed by atoms with Gasteiger partial charge in [-0.1, -0.05) is 48.5 Å². The molecule has 0 saturated heterocycles. The van der Waals surface area contributed by atoms with Crippen LogP contribution in [0.2, 0.25) is 0 Å². The standard InChI is InChI=1S/C26H19N3O4S/c27-14-18-7-6-10-20(13-18)29-24(30)17-34-23-12-5-4-11-21(23)26(31)32-16-25-28-15-22(33-25)19-8-2-1-3-9-19/h1-13,15H,16-17H2,(H,29,30). The quantitative estimate of drug-likeness (QED) is 0.276. The molecule has 1 amide bonds. The number of carbonyl (C=O) groups is 2. The summed E-state index contributed by atoms with van der Waals surface area (Å²) >= 11 is 1.22. The zero-order valence-corrected chi connectivity index (χ0v) is 18.7. The number of nitrogens with one attached hydrogen (secondary N) is 1. The summed E-state index contributed by atoms with van der Waals surface area (Å²) in [5.74, 6) is 0.174. The molecule has 0 aliphatic heterocycles. The molecule has 7 nitrogen and oxygen atoms in total. The lowest BCUT2D eigenvalue weighted by Crippen LogP contribution is -2.14. The average molecular weight is 470 g/mol. The normalized spacial score (nSPS) is 10.3. The van der Waals surface area contributed by atoms with Gasteiger partial charge in [0.05, 0.1) is 29.1 Å². The van der Waals surface area contributed by atoms with Crippen LogP contribution >= 0.6 is 11.8 Å². The van der Waals surface area contributed by atoms with Crippen molar-refractivity contribution in [3.8, 4) is 17.4 Å². The van der Waals surface area contributed by atoms with Crippen LogP contribution in [-0.2, 0) is 16.1 Å². The zero-order valence-electron chi connectivity index (χ0n) is 17.9. The fourth-order valence-corrected chi connectivity index (χ4v) is 3.93. The minimum Gasteiger partial charge on any atom is -0.452 e. The maximum Gasteiger partial charge on any atom is 0.339 e. The third-order valence-electron chi connectivity index (χ3n) is 4.68. The lowest BCUT2D eigenvalue weighted by Gasteiger charge is -2.09. The molecule has 1 N–H and O–H groups in total. The fourth-order valence-electron chi connectivity index (χ4n) is 3.09. The molecule has 0 unspecified atom stereocenters. The van der Waals surface area contributed by atoms with Gasteiger partial charge in [0.1, 0.15) is 0 Å². The number of thioether (sulfide) groups is 1. The van der Waals surface area contributed by atoms with Gasteiger partial charge in [-0.05, 0) is 30.3 Å². The van der Waals surface area contributed by atoms with Crippen molar-refractivity contribution in [1.82, 2.24) is 4.98 Å². The highest BCUT2D eigenvalue weighted by atomic mass is 32.2. The van der Waals surface area contributed by atoms with E-state index in [4.69, 9.17) is 14.4 Å². The van der Waals surface area contributed by atoms with Gasteiger partial charge in [-0.3, -0.25) is 4.79 Å². The maximum atomic E-state index is 12.7. The van der Waals surface area contributed by atoms with Crippen molar-refractivity contribution >= 4 is 29.3 Å². The number of aromatic nitrogens is 1. The van der Waals surface area contributed by atoms with Gasteiger partial charge in [-0.25, -0.2) is 9.78 Å². The molecule has 0 fully saturated rings. The van der Waals surface area contributed by atoms with Gasteiger partial charge in [0, 0.05) is 16.1 Å². The largest absolute Gasteiger partial charge is 0.452 e. The summed E-state index contributed by atoms with van der Waals surface area (Å²) < 4.78 is 11.1. The van der Waals surface area contributed by atoms with Gasteiger partial charge in [0.2, 0.25) is 11.8 Å². The van der Waals surface area contributed by atoms with Gasteiger partial charge in [-0.2, -0.15) is 5.26 Å². The van der Waals surface area contributed by atoms with Gasteiger partial charge < -0.3 is 14.5 Å². The highest BCUT2D eigenvalue weighted by Crippen LogP contribution is 2.25. The van der Waals surface area contributed by atoms with E-state index in [2.05, 4.69) is 10.3 Å². The third-order valence-corrected chi connectivity index (χ3v) is 5.75. The van der Waals surface area contributed by atoms with Crippen molar-refractivity contribution < 1.29 is 18.7 Å². The van der Waals surface area contributed by atoms with Crippen LogP contribution in [0, 0.1) is 11.3 Å². The Kier molecular flexibility index (Phi) is 7.38. The van der Waals surface area contributed by atoms with Crippen LogP contribution in [0.15, 0.2) is 94.4 Å². The van der Waals surface area contributed by atoms with E-state index in [0.29, 0.717) is 27.5 Å².